The van der Waals surface area contributed by atoms with E-state index in [9.17, 15) is 4.79 Å². The molecule has 0 aromatic rings. The largest absolute Gasteiger partial charge is 0.468 e. The standard InChI is InChI=1S/C10H19NO3/c1-13-8-5-3-4-7(6-8)9(11)10(12)14-2/h7-9H,3-6,11H2,1-2H3. The zero-order valence-corrected chi connectivity index (χ0v) is 8.86. The van der Waals surface area contributed by atoms with Crippen molar-refractivity contribution in [3.63, 3.8) is 0 Å². The van der Waals surface area contributed by atoms with E-state index >= 15 is 0 Å². The molecule has 0 radical (unpaired) electrons. The van der Waals surface area contributed by atoms with Gasteiger partial charge in [0, 0.05) is 7.11 Å². The minimum atomic E-state index is -0.488. The van der Waals surface area contributed by atoms with E-state index in [1.165, 1.54) is 7.11 Å². The number of rotatable bonds is 3. The maximum Gasteiger partial charge on any atom is 0.322 e. The summed E-state index contributed by atoms with van der Waals surface area (Å²) in [4.78, 5) is 11.2. The normalized spacial score (nSPS) is 29.6. The van der Waals surface area contributed by atoms with Crippen LogP contribution in [0, 0.1) is 5.92 Å². The first-order valence-electron chi connectivity index (χ1n) is 5.05. The Kier molecular flexibility index (Phi) is 4.35. The second kappa shape index (κ2) is 5.32. The number of nitrogens with two attached hydrogens (primary N) is 1. The van der Waals surface area contributed by atoms with Crippen LogP contribution in [-0.2, 0) is 14.3 Å². The summed E-state index contributed by atoms with van der Waals surface area (Å²) in [5.41, 5.74) is 5.79. The molecule has 1 rings (SSSR count). The van der Waals surface area contributed by atoms with Crippen molar-refractivity contribution in [2.75, 3.05) is 14.2 Å². The number of carbonyl (C=O) groups excluding carboxylic acids is 1. The van der Waals surface area contributed by atoms with Gasteiger partial charge in [0.15, 0.2) is 0 Å². The predicted octanol–water partition coefficient (Wildman–Crippen LogP) is 0.692. The van der Waals surface area contributed by atoms with Gasteiger partial charge >= 0.3 is 5.97 Å². The highest BCUT2D eigenvalue weighted by Crippen LogP contribution is 2.28. The summed E-state index contributed by atoms with van der Waals surface area (Å²) in [5, 5.41) is 0. The van der Waals surface area contributed by atoms with E-state index in [4.69, 9.17) is 10.5 Å². The van der Waals surface area contributed by atoms with Gasteiger partial charge in [0.2, 0.25) is 0 Å². The molecule has 1 aliphatic rings. The van der Waals surface area contributed by atoms with Gasteiger partial charge in [0.1, 0.15) is 6.04 Å². The van der Waals surface area contributed by atoms with Gasteiger partial charge in [-0.15, -0.1) is 0 Å². The van der Waals surface area contributed by atoms with Crippen LogP contribution in [0.2, 0.25) is 0 Å². The molecule has 0 aromatic heterocycles. The zero-order chi connectivity index (χ0) is 10.6. The Morgan fingerprint density at radius 2 is 2.14 bits per heavy atom. The summed E-state index contributed by atoms with van der Waals surface area (Å²) in [6, 6.07) is -0.488. The smallest absolute Gasteiger partial charge is 0.322 e. The molecule has 3 unspecified atom stereocenters. The predicted molar refractivity (Wildman–Crippen MR) is 52.7 cm³/mol. The lowest BCUT2D eigenvalue weighted by Crippen LogP contribution is -2.42. The van der Waals surface area contributed by atoms with Gasteiger partial charge in [0.05, 0.1) is 13.2 Å². The third-order valence-electron chi connectivity index (χ3n) is 2.98. The van der Waals surface area contributed by atoms with Crippen molar-refractivity contribution in [3.8, 4) is 0 Å². The van der Waals surface area contributed by atoms with Crippen LogP contribution in [0.5, 0.6) is 0 Å². The Morgan fingerprint density at radius 3 is 2.71 bits per heavy atom. The van der Waals surface area contributed by atoms with Gasteiger partial charge in [-0.05, 0) is 25.2 Å². The van der Waals surface area contributed by atoms with Gasteiger partial charge in [0.25, 0.3) is 0 Å². The summed E-state index contributed by atoms with van der Waals surface area (Å²) in [5.74, 6) is -0.104. The van der Waals surface area contributed by atoms with E-state index in [1.807, 2.05) is 0 Å². The van der Waals surface area contributed by atoms with Gasteiger partial charge < -0.3 is 15.2 Å². The fourth-order valence-corrected chi connectivity index (χ4v) is 2.05. The SMILES string of the molecule is COC(=O)C(N)C1CCCC(OC)C1. The van der Waals surface area contributed by atoms with Crippen molar-refractivity contribution >= 4 is 5.97 Å². The molecule has 0 amide bonds. The summed E-state index contributed by atoms with van der Waals surface area (Å²) in [6.07, 6.45) is 4.27. The molecule has 1 saturated carbocycles. The lowest BCUT2D eigenvalue weighted by Gasteiger charge is -2.30. The number of methoxy groups -OCH3 is 2. The monoisotopic (exact) mass is 201 g/mol. The highest BCUT2D eigenvalue weighted by atomic mass is 16.5. The summed E-state index contributed by atoms with van der Waals surface area (Å²) < 4.78 is 9.91. The van der Waals surface area contributed by atoms with Crippen LogP contribution in [0.25, 0.3) is 0 Å². The number of hydrogen-bond donors (Lipinski definition) is 1. The van der Waals surface area contributed by atoms with E-state index in [1.54, 1.807) is 7.11 Å². The topological polar surface area (TPSA) is 61.5 Å². The molecule has 2 N–H and O–H groups in total. The van der Waals surface area contributed by atoms with Gasteiger partial charge in [-0.2, -0.15) is 0 Å². The van der Waals surface area contributed by atoms with Crippen LogP contribution in [0.3, 0.4) is 0 Å². The number of ether oxygens (including phenoxy) is 2. The van der Waals surface area contributed by atoms with Crippen LogP contribution in [0.15, 0.2) is 0 Å². The first-order chi connectivity index (χ1) is 6.69. The highest BCUT2D eigenvalue weighted by molar-refractivity contribution is 5.75. The molecule has 1 aliphatic carbocycles. The minimum Gasteiger partial charge on any atom is -0.468 e. The Hall–Kier alpha value is -0.610. The van der Waals surface area contributed by atoms with Crippen molar-refractivity contribution in [1.29, 1.82) is 0 Å². The van der Waals surface area contributed by atoms with Gasteiger partial charge in [-0.1, -0.05) is 6.42 Å². The van der Waals surface area contributed by atoms with Crippen molar-refractivity contribution in [1.82, 2.24) is 0 Å². The molecule has 0 heterocycles. The molecule has 3 atom stereocenters. The second-order valence-electron chi connectivity index (χ2n) is 3.83. The van der Waals surface area contributed by atoms with Crippen LogP contribution in [0.4, 0.5) is 0 Å². The average Bonchev–Trinajstić information content (AvgIpc) is 2.27. The number of esters is 1. The third kappa shape index (κ3) is 2.69. The molecule has 4 heteroatoms. The quantitative estimate of drug-likeness (QED) is 0.682. The van der Waals surface area contributed by atoms with Gasteiger partial charge in [-0.3, -0.25) is 4.79 Å². The maximum absolute atomic E-state index is 11.2. The van der Waals surface area contributed by atoms with Crippen molar-refractivity contribution < 1.29 is 14.3 Å². The lowest BCUT2D eigenvalue weighted by molar-refractivity contribution is -0.144. The molecule has 0 saturated heterocycles. The summed E-state index contributed by atoms with van der Waals surface area (Å²) in [7, 11) is 3.08. The lowest BCUT2D eigenvalue weighted by atomic mass is 9.82. The molecule has 82 valence electrons. The second-order valence-corrected chi connectivity index (χ2v) is 3.83. The molecular weight excluding hydrogens is 182 g/mol. The molecule has 0 aromatic carbocycles. The Labute approximate surface area is 84.7 Å². The van der Waals surface area contributed by atoms with E-state index in [2.05, 4.69) is 4.74 Å². The molecule has 1 fully saturated rings. The zero-order valence-electron chi connectivity index (χ0n) is 8.86. The van der Waals surface area contributed by atoms with E-state index in [0.717, 1.165) is 25.7 Å². The van der Waals surface area contributed by atoms with Crippen LogP contribution in [0.1, 0.15) is 25.7 Å². The van der Waals surface area contributed by atoms with Crippen LogP contribution < -0.4 is 5.73 Å². The summed E-state index contributed by atoms with van der Waals surface area (Å²) >= 11 is 0. The fourth-order valence-electron chi connectivity index (χ4n) is 2.05. The van der Waals surface area contributed by atoms with E-state index in [0.29, 0.717) is 0 Å². The number of hydrogen-bond acceptors (Lipinski definition) is 4. The Morgan fingerprint density at radius 1 is 1.43 bits per heavy atom. The third-order valence-corrected chi connectivity index (χ3v) is 2.98. The maximum atomic E-state index is 11.2. The number of carbonyl (C=O) groups is 1. The molecule has 4 nitrogen and oxygen atoms in total. The van der Waals surface area contributed by atoms with Crippen LogP contribution >= 0.6 is 0 Å². The Balaban J connectivity index is 2.46. The van der Waals surface area contributed by atoms with Crippen LogP contribution in [-0.4, -0.2) is 32.3 Å². The van der Waals surface area contributed by atoms with Crippen molar-refractivity contribution in [2.45, 2.75) is 37.8 Å². The first kappa shape index (κ1) is 11.5. The average molecular weight is 201 g/mol. The minimum absolute atomic E-state index is 0.209. The molecule has 14 heavy (non-hydrogen) atoms. The van der Waals surface area contributed by atoms with Crippen molar-refractivity contribution in [3.05, 3.63) is 0 Å². The highest BCUT2D eigenvalue weighted by Gasteiger charge is 2.30. The van der Waals surface area contributed by atoms with Crippen molar-refractivity contribution in [2.24, 2.45) is 11.7 Å². The summed E-state index contributed by atoms with van der Waals surface area (Å²) in [6.45, 7) is 0. The molecule has 0 bridgehead atoms. The van der Waals surface area contributed by atoms with E-state index in [-0.39, 0.29) is 18.0 Å². The van der Waals surface area contributed by atoms with E-state index < -0.39 is 6.04 Å². The Bertz CT molecular complexity index is 196. The first-order valence-corrected chi connectivity index (χ1v) is 5.05. The molecule has 0 spiro atoms. The molecular formula is C10H19NO3. The molecule has 0 aliphatic heterocycles. The fraction of sp³-hybridized carbons (Fsp3) is 0.900. The van der Waals surface area contributed by atoms with Gasteiger partial charge in [-0.25, -0.2) is 0 Å².